The van der Waals surface area contributed by atoms with Gasteiger partial charge in [0.1, 0.15) is 5.82 Å². The maximum Gasteiger partial charge on any atom is 0.335 e. The zero-order chi connectivity index (χ0) is 27.0. The quantitative estimate of drug-likeness (QED) is 0.523. The summed E-state index contributed by atoms with van der Waals surface area (Å²) in [4.78, 5) is 39.4. The molecule has 3 N–H and O–H groups in total. The molecular formula is C28H32ClFN2O5. The molecule has 2 fully saturated rings. The van der Waals surface area contributed by atoms with Crippen molar-refractivity contribution < 1.29 is 29.0 Å². The van der Waals surface area contributed by atoms with E-state index in [4.69, 9.17) is 16.7 Å². The molecule has 0 aromatic heterocycles. The molecule has 1 heterocycles. The van der Waals surface area contributed by atoms with E-state index in [1.807, 2.05) is 26.0 Å². The van der Waals surface area contributed by atoms with Gasteiger partial charge in [0.05, 0.1) is 22.6 Å². The van der Waals surface area contributed by atoms with Crippen molar-refractivity contribution in [3.63, 3.8) is 0 Å². The summed E-state index contributed by atoms with van der Waals surface area (Å²) in [5, 5.41) is 24.1. The van der Waals surface area contributed by atoms with Crippen LogP contribution >= 0.6 is 11.6 Å². The Balaban J connectivity index is 1.48. The zero-order valence-electron chi connectivity index (χ0n) is 21.0. The number of nitrogens with zero attached hydrogens (tertiary/aromatic N) is 1. The van der Waals surface area contributed by atoms with Crippen molar-refractivity contribution in [2.24, 2.45) is 11.3 Å². The van der Waals surface area contributed by atoms with Gasteiger partial charge in [0.25, 0.3) is 5.91 Å². The molecule has 2 aromatic carbocycles. The van der Waals surface area contributed by atoms with Gasteiger partial charge in [-0.2, -0.15) is 0 Å². The highest BCUT2D eigenvalue weighted by atomic mass is 35.5. The molecule has 0 radical (unpaired) electrons. The average Bonchev–Trinajstić information content (AvgIpc) is 2.85. The number of rotatable bonds is 5. The van der Waals surface area contributed by atoms with Crippen molar-refractivity contribution in [1.82, 2.24) is 10.2 Å². The third-order valence-corrected chi connectivity index (χ3v) is 8.20. The Bertz CT molecular complexity index is 1200. The lowest BCUT2D eigenvalue weighted by atomic mass is 9.66. The van der Waals surface area contributed by atoms with Crippen LogP contribution in [0, 0.1) is 17.2 Å². The average molecular weight is 531 g/mol. The number of hydrogen-bond donors (Lipinski definition) is 3. The number of amides is 2. The lowest BCUT2D eigenvalue weighted by molar-refractivity contribution is -0.158. The van der Waals surface area contributed by atoms with Crippen LogP contribution in [-0.2, 0) is 10.4 Å². The molecular weight excluding hydrogens is 499 g/mol. The van der Waals surface area contributed by atoms with E-state index in [0.29, 0.717) is 37.4 Å². The Kier molecular flexibility index (Phi) is 7.62. The highest BCUT2D eigenvalue weighted by molar-refractivity contribution is 6.30. The third-order valence-electron chi connectivity index (χ3n) is 7.94. The maximum absolute atomic E-state index is 14.5. The molecule has 7 nitrogen and oxygen atoms in total. The van der Waals surface area contributed by atoms with Gasteiger partial charge in [0.2, 0.25) is 5.91 Å². The Morgan fingerprint density at radius 2 is 1.76 bits per heavy atom. The number of aromatic carboxylic acids is 1. The van der Waals surface area contributed by atoms with E-state index in [-0.39, 0.29) is 17.0 Å². The highest BCUT2D eigenvalue weighted by Gasteiger charge is 2.50. The summed E-state index contributed by atoms with van der Waals surface area (Å²) < 4.78 is 14.5. The van der Waals surface area contributed by atoms with E-state index < -0.39 is 40.7 Å². The van der Waals surface area contributed by atoms with Crippen molar-refractivity contribution in [3.05, 3.63) is 70.0 Å². The summed E-state index contributed by atoms with van der Waals surface area (Å²) in [6, 6.07) is 9.81. The molecule has 4 rings (SSSR count). The van der Waals surface area contributed by atoms with Crippen LogP contribution < -0.4 is 5.32 Å². The lowest BCUT2D eigenvalue weighted by Crippen LogP contribution is -2.59. The summed E-state index contributed by atoms with van der Waals surface area (Å²) in [6.07, 6.45) is 3.22. The SMILES string of the molecule is CC1(C)CN(C(=O)[C@H]2CCCC[C@H]2NC(=O)c2ccc(C(=O)O)cc2F)CC[C@]1(O)c1ccc(Cl)cc1. The van der Waals surface area contributed by atoms with Gasteiger partial charge in [0.15, 0.2) is 0 Å². The van der Waals surface area contributed by atoms with Crippen LogP contribution in [0.2, 0.25) is 5.02 Å². The smallest absolute Gasteiger partial charge is 0.335 e. The number of carbonyl (C=O) groups excluding carboxylic acids is 2. The molecule has 2 aliphatic rings. The number of aliphatic hydroxyl groups is 1. The predicted octanol–water partition coefficient (Wildman–Crippen LogP) is 4.61. The number of carboxylic acid groups (broad SMARTS) is 1. The normalized spacial score (nSPS) is 25.4. The number of carboxylic acids is 1. The minimum atomic E-state index is -1.28. The standard InChI is InChI=1S/C28H32ClFN2O5/c1-27(2)16-32(14-13-28(27,37)18-8-10-19(29)11-9-18)25(34)21-5-3-4-6-23(21)31-24(33)20-12-7-17(26(35)36)15-22(20)30/h7-12,15,21,23,37H,3-6,13-14,16H2,1-2H3,(H,31,33)(H,35,36)/t21-,23+,28-/m0/s1. The first-order valence-electron chi connectivity index (χ1n) is 12.5. The second kappa shape index (κ2) is 10.4. The number of nitrogens with one attached hydrogen (secondary N) is 1. The fourth-order valence-electron chi connectivity index (χ4n) is 5.68. The molecule has 37 heavy (non-hydrogen) atoms. The van der Waals surface area contributed by atoms with E-state index >= 15 is 0 Å². The van der Waals surface area contributed by atoms with E-state index in [2.05, 4.69) is 5.32 Å². The number of hydrogen-bond acceptors (Lipinski definition) is 4. The molecule has 9 heteroatoms. The Morgan fingerprint density at radius 1 is 1.08 bits per heavy atom. The first-order valence-corrected chi connectivity index (χ1v) is 12.9. The van der Waals surface area contributed by atoms with Gasteiger partial charge in [-0.3, -0.25) is 9.59 Å². The van der Waals surface area contributed by atoms with Crippen LogP contribution in [0.3, 0.4) is 0 Å². The van der Waals surface area contributed by atoms with E-state index in [1.54, 1.807) is 17.0 Å². The van der Waals surface area contributed by atoms with E-state index in [9.17, 15) is 23.9 Å². The van der Waals surface area contributed by atoms with Crippen LogP contribution in [0.15, 0.2) is 42.5 Å². The molecule has 198 valence electrons. The van der Waals surface area contributed by atoms with Gasteiger partial charge < -0.3 is 20.4 Å². The molecule has 2 amide bonds. The van der Waals surface area contributed by atoms with Crippen molar-refractivity contribution in [3.8, 4) is 0 Å². The fraction of sp³-hybridized carbons (Fsp3) is 0.464. The number of halogens is 2. The summed E-state index contributed by atoms with van der Waals surface area (Å²) in [6.45, 7) is 4.58. The van der Waals surface area contributed by atoms with Gasteiger partial charge >= 0.3 is 5.97 Å². The molecule has 0 unspecified atom stereocenters. The highest BCUT2D eigenvalue weighted by Crippen LogP contribution is 2.46. The number of benzene rings is 2. The van der Waals surface area contributed by atoms with Crippen molar-refractivity contribution in [2.75, 3.05) is 13.1 Å². The molecule has 3 atom stereocenters. The van der Waals surface area contributed by atoms with Crippen LogP contribution in [0.1, 0.15) is 72.2 Å². The topological polar surface area (TPSA) is 107 Å². The van der Waals surface area contributed by atoms with Crippen molar-refractivity contribution >= 4 is 29.4 Å². The summed E-state index contributed by atoms with van der Waals surface area (Å²) in [5.41, 5.74) is -1.52. The van der Waals surface area contributed by atoms with Crippen LogP contribution in [0.4, 0.5) is 4.39 Å². The van der Waals surface area contributed by atoms with E-state index in [0.717, 1.165) is 30.5 Å². The molecule has 1 aliphatic carbocycles. The molecule has 2 aromatic rings. The molecule has 0 bridgehead atoms. The van der Waals surface area contributed by atoms with Gasteiger partial charge in [-0.05, 0) is 55.2 Å². The Hall–Kier alpha value is -2.97. The first-order chi connectivity index (χ1) is 17.4. The van der Waals surface area contributed by atoms with Gasteiger partial charge in [-0.25, -0.2) is 9.18 Å². The number of likely N-dealkylation sites (tertiary alicyclic amines) is 1. The largest absolute Gasteiger partial charge is 0.478 e. The third kappa shape index (κ3) is 5.36. The van der Waals surface area contributed by atoms with Gasteiger partial charge in [-0.15, -0.1) is 0 Å². The lowest BCUT2D eigenvalue weighted by Gasteiger charge is -2.51. The van der Waals surface area contributed by atoms with Crippen LogP contribution in [0.25, 0.3) is 0 Å². The first kappa shape index (κ1) is 27.1. The minimum Gasteiger partial charge on any atom is -0.478 e. The zero-order valence-corrected chi connectivity index (χ0v) is 21.7. The summed E-state index contributed by atoms with van der Waals surface area (Å²) in [7, 11) is 0. The summed E-state index contributed by atoms with van der Waals surface area (Å²) in [5.74, 6) is -3.42. The second-order valence-corrected chi connectivity index (χ2v) is 11.2. The van der Waals surface area contributed by atoms with Crippen LogP contribution in [-0.4, -0.2) is 52.0 Å². The van der Waals surface area contributed by atoms with Gasteiger partial charge in [0, 0.05) is 29.6 Å². The maximum atomic E-state index is 14.5. The molecule has 0 spiro atoms. The van der Waals surface area contributed by atoms with Crippen LogP contribution in [0.5, 0.6) is 0 Å². The monoisotopic (exact) mass is 530 g/mol. The molecule has 1 saturated carbocycles. The van der Waals surface area contributed by atoms with Crippen molar-refractivity contribution in [1.29, 1.82) is 0 Å². The number of piperidine rings is 1. The Morgan fingerprint density at radius 3 is 2.38 bits per heavy atom. The molecule has 1 aliphatic heterocycles. The molecule has 1 saturated heterocycles. The van der Waals surface area contributed by atoms with Crippen molar-refractivity contribution in [2.45, 2.75) is 57.6 Å². The number of carbonyl (C=O) groups is 3. The predicted molar refractivity (Wildman–Crippen MR) is 137 cm³/mol. The summed E-state index contributed by atoms with van der Waals surface area (Å²) >= 11 is 6.03. The van der Waals surface area contributed by atoms with E-state index in [1.165, 1.54) is 6.07 Å². The minimum absolute atomic E-state index is 0.0853. The Labute approximate surface area is 220 Å². The van der Waals surface area contributed by atoms with Gasteiger partial charge in [-0.1, -0.05) is 50.4 Å². The fourth-order valence-corrected chi connectivity index (χ4v) is 5.81. The second-order valence-electron chi connectivity index (χ2n) is 10.7.